The average molecular weight is 663 g/mol. The van der Waals surface area contributed by atoms with Crippen LogP contribution in [0.25, 0.3) is 0 Å². The summed E-state index contributed by atoms with van der Waals surface area (Å²) in [6, 6.07) is 2.42. The molecule has 16 nitrogen and oxygen atoms in total. The summed E-state index contributed by atoms with van der Waals surface area (Å²) < 4.78 is 16.5. The van der Waals surface area contributed by atoms with E-state index in [1.165, 1.54) is 6.07 Å². The molecule has 0 radical (unpaired) electrons. The summed E-state index contributed by atoms with van der Waals surface area (Å²) >= 11 is 0. The van der Waals surface area contributed by atoms with E-state index in [4.69, 9.17) is 14.2 Å². The van der Waals surface area contributed by atoms with Crippen molar-refractivity contribution in [1.82, 2.24) is 0 Å². The number of nitrogens with zero attached hydrogens (tertiary/aromatic N) is 2. The molecule has 10 atom stereocenters. The monoisotopic (exact) mass is 662 g/mol. The molecule has 1 aromatic carbocycles. The fraction of sp³-hybridized carbons (Fsp3) is 0.800. The summed E-state index contributed by atoms with van der Waals surface area (Å²) in [4.78, 5) is 20.6. The lowest BCUT2D eigenvalue weighted by Crippen LogP contribution is -2.64. The maximum Gasteiger partial charge on any atom is 0.279 e. The van der Waals surface area contributed by atoms with Gasteiger partial charge < -0.3 is 50.0 Å². The van der Waals surface area contributed by atoms with Gasteiger partial charge in [-0.3, -0.25) is 20.2 Å². The molecule has 2 heterocycles. The Labute approximate surface area is 267 Å². The molecule has 1 aromatic rings. The third-order valence-electron chi connectivity index (χ3n) is 7.83. The van der Waals surface area contributed by atoms with Gasteiger partial charge in [0.1, 0.15) is 48.8 Å². The largest absolute Gasteiger partial charge is 0.394 e. The zero-order chi connectivity index (χ0) is 35.3. The summed E-state index contributed by atoms with van der Waals surface area (Å²) in [6.07, 6.45) is -11.6. The van der Waals surface area contributed by atoms with Crippen LogP contribution in [0.15, 0.2) is 12.1 Å². The van der Waals surface area contributed by atoms with Gasteiger partial charge in [-0.1, -0.05) is 41.5 Å². The molecule has 16 heteroatoms. The Kier molecular flexibility index (Phi) is 14.0. The van der Waals surface area contributed by atoms with Gasteiger partial charge in [0.05, 0.1) is 35.2 Å². The molecule has 0 aromatic heterocycles. The van der Waals surface area contributed by atoms with Gasteiger partial charge in [-0.05, 0) is 42.6 Å². The molecule has 2 aliphatic heterocycles. The summed E-state index contributed by atoms with van der Waals surface area (Å²) in [5, 5.41) is 91.5. The predicted octanol–water partition coefficient (Wildman–Crippen LogP) is 0.879. The molecule has 0 bridgehead atoms. The molecule has 0 amide bonds. The Morgan fingerprint density at radius 1 is 0.761 bits per heavy atom. The lowest BCUT2D eigenvalue weighted by Gasteiger charge is -2.46. The second kappa shape index (κ2) is 16.1. The SMILES string of the molecule is CC(C)(C)CC[C@@H]1OC(CO)[C@H](O)[C@H](O[C@@H]2OC(CO)[C@H](O)[C@H](O)C2O)C1O.Cc1cc([N+](=O)[O-])cc([N+](=O)[O-])c1CC(C)(C)C. The van der Waals surface area contributed by atoms with Crippen LogP contribution in [0.5, 0.6) is 0 Å². The molecule has 0 aliphatic carbocycles. The van der Waals surface area contributed by atoms with Crippen LogP contribution in [0.2, 0.25) is 0 Å². The van der Waals surface area contributed by atoms with E-state index >= 15 is 0 Å². The normalized spacial score (nSPS) is 32.0. The van der Waals surface area contributed by atoms with E-state index in [0.29, 0.717) is 30.4 Å². The van der Waals surface area contributed by atoms with Crippen LogP contribution >= 0.6 is 0 Å². The summed E-state index contributed by atoms with van der Waals surface area (Å²) in [5.74, 6) is 0. The fourth-order valence-electron chi connectivity index (χ4n) is 5.28. The molecule has 7 N–H and O–H groups in total. The minimum absolute atomic E-state index is 0.0263. The highest BCUT2D eigenvalue weighted by Gasteiger charge is 2.50. The van der Waals surface area contributed by atoms with Gasteiger partial charge in [0.25, 0.3) is 11.4 Å². The third kappa shape index (κ3) is 10.6. The first-order valence-electron chi connectivity index (χ1n) is 15.1. The average Bonchev–Trinajstić information content (AvgIpc) is 2.94. The van der Waals surface area contributed by atoms with E-state index in [1.54, 1.807) is 6.92 Å². The predicted molar refractivity (Wildman–Crippen MR) is 163 cm³/mol. The Balaban J connectivity index is 0.000000353. The van der Waals surface area contributed by atoms with Gasteiger partial charge in [0, 0.05) is 11.6 Å². The first-order valence-corrected chi connectivity index (χ1v) is 15.1. The second-order valence-electron chi connectivity index (χ2n) is 14.3. The highest BCUT2D eigenvalue weighted by atomic mass is 16.7. The van der Waals surface area contributed by atoms with Crippen LogP contribution in [0.4, 0.5) is 11.4 Å². The van der Waals surface area contributed by atoms with Crippen molar-refractivity contribution in [3.8, 4) is 0 Å². The Bertz CT molecular complexity index is 1170. The quantitative estimate of drug-likeness (QED) is 0.143. The first-order chi connectivity index (χ1) is 21.1. The van der Waals surface area contributed by atoms with Crippen molar-refractivity contribution in [2.24, 2.45) is 10.8 Å². The number of nitro benzene ring substituents is 2. The highest BCUT2D eigenvalue weighted by molar-refractivity contribution is 5.53. The van der Waals surface area contributed by atoms with Crippen molar-refractivity contribution >= 4 is 11.4 Å². The zero-order valence-electron chi connectivity index (χ0n) is 27.3. The lowest BCUT2D eigenvalue weighted by molar-refractivity contribution is -0.394. The summed E-state index contributed by atoms with van der Waals surface area (Å²) in [6.45, 7) is 12.5. The molecule has 0 saturated carbocycles. The Hall–Kier alpha value is -2.38. The fourth-order valence-corrected chi connectivity index (χ4v) is 5.28. The van der Waals surface area contributed by atoms with E-state index in [2.05, 4.69) is 0 Å². The van der Waals surface area contributed by atoms with Crippen molar-refractivity contribution in [3.63, 3.8) is 0 Å². The van der Waals surface area contributed by atoms with E-state index in [-0.39, 0.29) is 22.2 Å². The molecule has 46 heavy (non-hydrogen) atoms. The van der Waals surface area contributed by atoms with Crippen molar-refractivity contribution in [2.45, 2.75) is 129 Å². The van der Waals surface area contributed by atoms with Crippen LogP contribution in [0.1, 0.15) is 65.5 Å². The lowest BCUT2D eigenvalue weighted by atomic mass is 9.85. The van der Waals surface area contributed by atoms with Gasteiger partial charge >= 0.3 is 0 Å². The number of aliphatic hydroxyl groups excluding tert-OH is 7. The molecular formula is C30H50N2O14. The minimum atomic E-state index is -1.67. The van der Waals surface area contributed by atoms with Gasteiger partial charge in [-0.25, -0.2) is 0 Å². The van der Waals surface area contributed by atoms with Crippen molar-refractivity contribution in [2.75, 3.05) is 13.2 Å². The Morgan fingerprint density at radius 2 is 1.30 bits per heavy atom. The van der Waals surface area contributed by atoms with Crippen LogP contribution in [0, 0.1) is 38.0 Å². The highest BCUT2D eigenvalue weighted by Crippen LogP contribution is 2.34. The second-order valence-corrected chi connectivity index (χ2v) is 14.3. The van der Waals surface area contributed by atoms with E-state index in [0.717, 1.165) is 6.07 Å². The minimum Gasteiger partial charge on any atom is -0.394 e. The summed E-state index contributed by atoms with van der Waals surface area (Å²) in [5.41, 5.74) is 0.602. The molecule has 2 saturated heterocycles. The van der Waals surface area contributed by atoms with Crippen molar-refractivity contribution in [3.05, 3.63) is 43.5 Å². The number of aryl methyl sites for hydroxylation is 1. The maximum absolute atomic E-state index is 11.0. The van der Waals surface area contributed by atoms with E-state index in [1.807, 2.05) is 41.5 Å². The molecule has 2 aliphatic rings. The number of rotatable bonds is 9. The topological polar surface area (TPSA) is 256 Å². The van der Waals surface area contributed by atoms with E-state index in [9.17, 15) is 56.0 Å². The molecular weight excluding hydrogens is 612 g/mol. The van der Waals surface area contributed by atoms with Crippen LogP contribution < -0.4 is 0 Å². The van der Waals surface area contributed by atoms with E-state index < -0.39 is 84.3 Å². The molecule has 264 valence electrons. The van der Waals surface area contributed by atoms with Gasteiger partial charge in [0.15, 0.2) is 6.29 Å². The number of hydrogen-bond acceptors (Lipinski definition) is 14. The standard InChI is InChI=1S/C18H34O10.C12H16N2O4/c1-18(2,3)5-4-8-12(22)16(13(23)10(7-20)26-8)28-17-15(25)14(24)11(21)9(6-19)27-17;1-8-5-9(13(15)16)6-11(14(17)18)10(8)7-12(2,3)4/h8-17,19-25H,4-7H2,1-3H3;5-6H,7H2,1-4H3/t8-,9?,10?,11-,12?,13-,14-,15?,16+,17-;/m0./s1. The van der Waals surface area contributed by atoms with Gasteiger partial charge in [-0.2, -0.15) is 0 Å². The number of non-ortho nitro benzene ring substituents is 1. The molecule has 3 rings (SSSR count). The molecule has 0 spiro atoms. The number of hydrogen-bond donors (Lipinski definition) is 7. The van der Waals surface area contributed by atoms with Gasteiger partial charge in [-0.15, -0.1) is 0 Å². The van der Waals surface area contributed by atoms with Crippen molar-refractivity contribution in [1.29, 1.82) is 0 Å². The van der Waals surface area contributed by atoms with Crippen LogP contribution in [-0.2, 0) is 20.6 Å². The Morgan fingerprint density at radius 3 is 1.78 bits per heavy atom. The number of aliphatic hydroxyl groups is 7. The van der Waals surface area contributed by atoms with Crippen molar-refractivity contribution < 1.29 is 59.8 Å². The number of nitro groups is 2. The number of benzene rings is 1. The van der Waals surface area contributed by atoms with Crippen LogP contribution in [-0.4, -0.2) is 120 Å². The first kappa shape index (κ1) is 39.8. The smallest absolute Gasteiger partial charge is 0.279 e. The number of ether oxygens (including phenoxy) is 3. The zero-order valence-corrected chi connectivity index (χ0v) is 27.3. The van der Waals surface area contributed by atoms with Crippen LogP contribution in [0.3, 0.4) is 0 Å². The van der Waals surface area contributed by atoms with Gasteiger partial charge in [0.2, 0.25) is 0 Å². The third-order valence-corrected chi connectivity index (χ3v) is 7.83. The summed E-state index contributed by atoms with van der Waals surface area (Å²) in [7, 11) is 0. The molecule has 2 fully saturated rings. The molecule has 4 unspecified atom stereocenters. The maximum atomic E-state index is 11.0.